The number of benzene rings is 2. The van der Waals surface area contributed by atoms with E-state index < -0.39 is 6.10 Å². The molecule has 1 atom stereocenters. The number of fused-ring (bicyclic) bond motifs is 1. The van der Waals surface area contributed by atoms with Crippen molar-refractivity contribution in [1.82, 2.24) is 10.6 Å². The number of hydrogen-bond acceptors (Lipinski definition) is 4. The van der Waals surface area contributed by atoms with Gasteiger partial charge in [0.05, 0.1) is 0 Å². The van der Waals surface area contributed by atoms with Crippen LogP contribution in [0, 0.1) is 5.92 Å². The summed E-state index contributed by atoms with van der Waals surface area (Å²) in [6.45, 7) is 0.926. The van der Waals surface area contributed by atoms with Gasteiger partial charge in [-0.25, -0.2) is 0 Å². The normalized spacial score (nSPS) is 15.4. The fourth-order valence-electron chi connectivity index (χ4n) is 3.54. The Kier molecular flexibility index (Phi) is 6.84. The van der Waals surface area contributed by atoms with E-state index in [9.17, 15) is 9.90 Å². The average Bonchev–Trinajstić information content (AvgIpc) is 3.17. The molecule has 1 fully saturated rings. The third kappa shape index (κ3) is 5.42. The molecule has 1 heterocycles. The molecule has 0 aliphatic heterocycles. The largest absolute Gasteiger partial charge is 0.386 e. The number of aliphatic hydroxyl groups is 1. The fraction of sp³-hybridized carbons (Fsp3) is 0.333. The van der Waals surface area contributed by atoms with Crippen LogP contribution in [0.4, 0.5) is 5.69 Å². The van der Waals surface area contributed by atoms with Crippen molar-refractivity contribution in [2.75, 3.05) is 18.9 Å². The minimum atomic E-state index is -0.610. The third-order valence-electron chi connectivity index (χ3n) is 5.59. The monoisotopic (exact) mass is 436 g/mol. The number of aliphatic hydroxyl groups excluding tert-OH is 1. The Labute approximate surface area is 186 Å². The number of rotatable bonds is 7. The van der Waals surface area contributed by atoms with Crippen LogP contribution in [-0.2, 0) is 11.3 Å². The summed E-state index contributed by atoms with van der Waals surface area (Å²) in [6, 6.07) is 18.0. The summed E-state index contributed by atoms with van der Waals surface area (Å²) in [5.74, 6) is 0.894. The van der Waals surface area contributed by atoms with Gasteiger partial charge in [-0.05, 0) is 48.1 Å². The third-order valence-corrected chi connectivity index (χ3v) is 6.81. The smallest absolute Gasteiger partial charge is 0.227 e. The molecule has 2 aromatic carbocycles. The minimum absolute atomic E-state index is 0.115. The summed E-state index contributed by atoms with van der Waals surface area (Å²) in [6.07, 6.45) is 2.51. The number of nitrogens with one attached hydrogen (secondary N) is 3. The van der Waals surface area contributed by atoms with Gasteiger partial charge >= 0.3 is 0 Å². The number of aliphatic imine (C=N–C) groups is 1. The molecule has 1 aromatic heterocycles. The second kappa shape index (κ2) is 9.94. The van der Waals surface area contributed by atoms with E-state index in [1.165, 1.54) is 4.70 Å². The summed E-state index contributed by atoms with van der Waals surface area (Å²) >= 11 is 1.60. The number of anilines is 1. The predicted molar refractivity (Wildman–Crippen MR) is 127 cm³/mol. The Hall–Kier alpha value is -2.90. The van der Waals surface area contributed by atoms with Crippen molar-refractivity contribution in [3.63, 3.8) is 0 Å². The second-order valence-corrected chi connectivity index (χ2v) is 8.94. The maximum Gasteiger partial charge on any atom is 0.227 e. The second-order valence-electron chi connectivity index (χ2n) is 7.83. The van der Waals surface area contributed by atoms with Gasteiger partial charge in [-0.2, -0.15) is 0 Å². The zero-order chi connectivity index (χ0) is 21.6. The quantitative estimate of drug-likeness (QED) is 0.333. The van der Waals surface area contributed by atoms with Gasteiger partial charge in [0, 0.05) is 41.3 Å². The number of carbonyl (C=O) groups excluding carboxylic acids is 1. The summed E-state index contributed by atoms with van der Waals surface area (Å²) in [4.78, 5) is 17.3. The van der Waals surface area contributed by atoms with Crippen LogP contribution in [0.3, 0.4) is 0 Å². The van der Waals surface area contributed by atoms with Crippen molar-refractivity contribution in [1.29, 1.82) is 0 Å². The molecule has 3 aromatic rings. The molecule has 1 aliphatic carbocycles. The molecule has 4 N–H and O–H groups in total. The van der Waals surface area contributed by atoms with Crippen molar-refractivity contribution in [2.24, 2.45) is 10.9 Å². The summed E-state index contributed by atoms with van der Waals surface area (Å²) in [5.41, 5.74) is 1.86. The van der Waals surface area contributed by atoms with Crippen molar-refractivity contribution in [2.45, 2.75) is 31.9 Å². The number of carbonyl (C=O) groups is 1. The summed E-state index contributed by atoms with van der Waals surface area (Å²) in [7, 11) is 1.70. The van der Waals surface area contributed by atoms with Crippen molar-refractivity contribution in [3.05, 3.63) is 65.0 Å². The van der Waals surface area contributed by atoms with Crippen LogP contribution in [-0.4, -0.2) is 30.6 Å². The minimum Gasteiger partial charge on any atom is -0.386 e. The van der Waals surface area contributed by atoms with Gasteiger partial charge in [0.15, 0.2) is 5.96 Å². The lowest BCUT2D eigenvalue weighted by Crippen LogP contribution is -2.38. The summed E-state index contributed by atoms with van der Waals surface area (Å²) in [5, 5.41) is 21.2. The van der Waals surface area contributed by atoms with E-state index >= 15 is 0 Å². The molecule has 162 valence electrons. The molecule has 0 radical (unpaired) electrons. The van der Waals surface area contributed by atoms with Crippen LogP contribution in [0.15, 0.2) is 59.6 Å². The predicted octanol–water partition coefficient (Wildman–Crippen LogP) is 4.04. The van der Waals surface area contributed by atoms with Crippen LogP contribution < -0.4 is 16.0 Å². The van der Waals surface area contributed by atoms with Crippen LogP contribution >= 0.6 is 11.3 Å². The zero-order valence-corrected chi connectivity index (χ0v) is 18.4. The highest BCUT2D eigenvalue weighted by atomic mass is 32.1. The maximum atomic E-state index is 12.2. The van der Waals surface area contributed by atoms with E-state index in [0.717, 1.165) is 40.8 Å². The molecule has 0 bridgehead atoms. The molecule has 1 amide bonds. The van der Waals surface area contributed by atoms with Crippen molar-refractivity contribution >= 4 is 39.0 Å². The number of guanidine groups is 1. The molecule has 6 nitrogen and oxygen atoms in total. The fourth-order valence-corrected chi connectivity index (χ4v) is 4.59. The Balaban J connectivity index is 1.28. The highest BCUT2D eigenvalue weighted by molar-refractivity contribution is 7.19. The van der Waals surface area contributed by atoms with E-state index in [0.29, 0.717) is 19.0 Å². The molecule has 4 rings (SSSR count). The van der Waals surface area contributed by atoms with Crippen LogP contribution in [0.25, 0.3) is 10.1 Å². The van der Waals surface area contributed by atoms with Gasteiger partial charge in [0.2, 0.25) is 5.91 Å². The molecule has 1 saturated carbocycles. The van der Waals surface area contributed by atoms with E-state index in [1.807, 2.05) is 42.5 Å². The maximum absolute atomic E-state index is 12.2. The summed E-state index contributed by atoms with van der Waals surface area (Å²) < 4.78 is 1.17. The lowest BCUT2D eigenvalue weighted by molar-refractivity contribution is -0.122. The van der Waals surface area contributed by atoms with E-state index in [2.05, 4.69) is 33.1 Å². The van der Waals surface area contributed by atoms with Crippen molar-refractivity contribution < 1.29 is 9.90 Å². The molecular weight excluding hydrogens is 408 g/mol. The van der Waals surface area contributed by atoms with Gasteiger partial charge in [-0.15, -0.1) is 11.3 Å². The lowest BCUT2D eigenvalue weighted by Gasteiger charge is -2.24. The first-order chi connectivity index (χ1) is 15.1. The first-order valence-electron chi connectivity index (χ1n) is 10.6. The SMILES string of the molecule is CN=C(NCc1cccc(NC(=O)C2CCC2)c1)NCC(O)c1cc2ccccc2s1. The van der Waals surface area contributed by atoms with Crippen LogP contribution in [0.2, 0.25) is 0 Å². The lowest BCUT2D eigenvalue weighted by atomic mass is 9.85. The topological polar surface area (TPSA) is 85.8 Å². The Morgan fingerprint density at radius 3 is 2.74 bits per heavy atom. The van der Waals surface area contributed by atoms with Gasteiger partial charge in [0.1, 0.15) is 6.10 Å². The van der Waals surface area contributed by atoms with Gasteiger partial charge in [-0.3, -0.25) is 9.79 Å². The Morgan fingerprint density at radius 1 is 1.16 bits per heavy atom. The van der Waals surface area contributed by atoms with E-state index in [-0.39, 0.29) is 11.8 Å². The van der Waals surface area contributed by atoms with Crippen molar-refractivity contribution in [3.8, 4) is 0 Å². The zero-order valence-electron chi connectivity index (χ0n) is 17.6. The first-order valence-corrected chi connectivity index (χ1v) is 11.4. The highest BCUT2D eigenvalue weighted by Gasteiger charge is 2.25. The molecule has 0 saturated heterocycles. The van der Waals surface area contributed by atoms with E-state index in [1.54, 1.807) is 18.4 Å². The van der Waals surface area contributed by atoms with Crippen LogP contribution in [0.5, 0.6) is 0 Å². The molecule has 31 heavy (non-hydrogen) atoms. The van der Waals surface area contributed by atoms with Gasteiger partial charge in [0.25, 0.3) is 0 Å². The van der Waals surface area contributed by atoms with Crippen LogP contribution in [0.1, 0.15) is 35.8 Å². The molecule has 1 aliphatic rings. The Bertz CT molecular complexity index is 1040. The Morgan fingerprint density at radius 2 is 2.00 bits per heavy atom. The van der Waals surface area contributed by atoms with E-state index in [4.69, 9.17) is 0 Å². The van der Waals surface area contributed by atoms with Gasteiger partial charge in [-0.1, -0.05) is 36.8 Å². The number of amides is 1. The molecule has 7 heteroatoms. The number of thiophene rings is 1. The standard InChI is InChI=1S/C24H28N4O2S/c1-25-24(27-15-20(29)22-13-18-7-2-3-11-21(18)31-22)26-14-16-6-4-10-19(12-16)28-23(30)17-8-5-9-17/h2-4,6-7,10-13,17,20,29H,5,8-9,14-15H2,1H3,(H,28,30)(H2,25,26,27). The average molecular weight is 437 g/mol. The van der Waals surface area contributed by atoms with Gasteiger partial charge < -0.3 is 21.1 Å². The molecular formula is C24H28N4O2S. The number of hydrogen-bond donors (Lipinski definition) is 4. The molecule has 0 spiro atoms. The number of nitrogens with zero attached hydrogens (tertiary/aromatic N) is 1. The molecule has 1 unspecified atom stereocenters. The highest BCUT2D eigenvalue weighted by Crippen LogP contribution is 2.29. The first kappa shape index (κ1) is 21.3.